The van der Waals surface area contributed by atoms with E-state index < -0.39 is 18.0 Å². The van der Waals surface area contributed by atoms with Crippen molar-refractivity contribution in [3.63, 3.8) is 0 Å². The second-order valence-corrected chi connectivity index (χ2v) is 3.94. The quantitative estimate of drug-likeness (QED) is 0.611. The third kappa shape index (κ3) is 4.42. The number of anilines is 1. The van der Waals surface area contributed by atoms with Gasteiger partial charge in [0.25, 0.3) is 0 Å². The third-order valence-corrected chi connectivity index (χ3v) is 2.49. The van der Waals surface area contributed by atoms with E-state index in [2.05, 4.69) is 11.9 Å². The Labute approximate surface area is 118 Å². The molecule has 1 atom stereocenters. The summed E-state index contributed by atoms with van der Waals surface area (Å²) in [5.41, 5.74) is 0.713. The summed E-state index contributed by atoms with van der Waals surface area (Å²) in [7, 11) is 0. The lowest BCUT2D eigenvalue weighted by Gasteiger charge is -2.19. The molecular weight excluding hydrogens is 258 g/mol. The highest BCUT2D eigenvalue weighted by atomic mass is 16.5. The first-order valence-corrected chi connectivity index (χ1v) is 6.44. The van der Waals surface area contributed by atoms with Crippen LogP contribution < -0.4 is 5.32 Å². The van der Waals surface area contributed by atoms with Gasteiger partial charge in [0.1, 0.15) is 0 Å². The fourth-order valence-corrected chi connectivity index (χ4v) is 1.56. The van der Waals surface area contributed by atoms with Crippen LogP contribution in [0.15, 0.2) is 42.5 Å². The topological polar surface area (TPSA) is 64.6 Å². The Morgan fingerprint density at radius 2 is 1.75 bits per heavy atom. The SMILES string of the molecule is C=C(C(=O)OCC)C(Nc1ccccc1)C(=O)OCC. The normalized spacial score (nSPS) is 11.3. The molecule has 1 rings (SSSR count). The predicted octanol–water partition coefficient (Wildman–Crippen LogP) is 2.15. The number of esters is 2. The molecule has 0 spiro atoms. The number of carbonyl (C=O) groups excluding carboxylic acids is 2. The monoisotopic (exact) mass is 277 g/mol. The summed E-state index contributed by atoms with van der Waals surface area (Å²) in [6.07, 6.45) is 0. The highest BCUT2D eigenvalue weighted by molar-refractivity contribution is 5.98. The van der Waals surface area contributed by atoms with Gasteiger partial charge in [-0.3, -0.25) is 0 Å². The third-order valence-electron chi connectivity index (χ3n) is 2.49. The van der Waals surface area contributed by atoms with Crippen molar-refractivity contribution in [2.45, 2.75) is 19.9 Å². The summed E-state index contributed by atoms with van der Waals surface area (Å²) in [4.78, 5) is 23.7. The largest absolute Gasteiger partial charge is 0.464 e. The first-order chi connectivity index (χ1) is 9.60. The Kier molecular flexibility index (Phi) is 6.29. The molecule has 20 heavy (non-hydrogen) atoms. The molecule has 0 heterocycles. The fourth-order valence-electron chi connectivity index (χ4n) is 1.56. The van der Waals surface area contributed by atoms with Crippen molar-refractivity contribution in [3.8, 4) is 0 Å². The molecule has 0 bridgehead atoms. The van der Waals surface area contributed by atoms with Gasteiger partial charge in [-0.05, 0) is 26.0 Å². The second kappa shape index (κ2) is 7.99. The van der Waals surface area contributed by atoms with E-state index in [1.165, 1.54) is 0 Å². The molecule has 0 aliphatic heterocycles. The molecule has 0 saturated carbocycles. The molecule has 0 saturated heterocycles. The van der Waals surface area contributed by atoms with E-state index in [0.29, 0.717) is 5.69 Å². The molecule has 5 heteroatoms. The number of rotatable bonds is 7. The summed E-state index contributed by atoms with van der Waals surface area (Å²) < 4.78 is 9.82. The Balaban J connectivity index is 2.88. The van der Waals surface area contributed by atoms with E-state index in [0.717, 1.165) is 0 Å². The zero-order valence-electron chi connectivity index (χ0n) is 11.7. The van der Waals surface area contributed by atoms with Crippen LogP contribution in [0, 0.1) is 0 Å². The molecule has 0 aromatic heterocycles. The molecule has 0 fully saturated rings. The van der Waals surface area contributed by atoms with Crippen LogP contribution in [0.3, 0.4) is 0 Å². The molecule has 1 aromatic carbocycles. The van der Waals surface area contributed by atoms with Crippen LogP contribution in [-0.2, 0) is 19.1 Å². The van der Waals surface area contributed by atoms with Gasteiger partial charge in [-0.15, -0.1) is 0 Å². The van der Waals surface area contributed by atoms with Crippen molar-refractivity contribution in [2.75, 3.05) is 18.5 Å². The molecule has 5 nitrogen and oxygen atoms in total. The number of benzene rings is 1. The molecule has 108 valence electrons. The van der Waals surface area contributed by atoms with E-state index in [4.69, 9.17) is 9.47 Å². The minimum absolute atomic E-state index is 0.0224. The lowest BCUT2D eigenvalue weighted by atomic mass is 10.1. The van der Waals surface area contributed by atoms with Crippen molar-refractivity contribution in [1.29, 1.82) is 0 Å². The number of hydrogen-bond acceptors (Lipinski definition) is 5. The Morgan fingerprint density at radius 1 is 1.15 bits per heavy atom. The van der Waals surface area contributed by atoms with Crippen molar-refractivity contribution >= 4 is 17.6 Å². The second-order valence-electron chi connectivity index (χ2n) is 3.94. The molecular formula is C15H19NO4. The van der Waals surface area contributed by atoms with E-state index in [-0.39, 0.29) is 18.8 Å². The standard InChI is InChI=1S/C15H19NO4/c1-4-19-14(17)11(3)13(15(18)20-5-2)16-12-9-7-6-8-10-12/h6-10,13,16H,3-5H2,1-2H3. The zero-order chi connectivity index (χ0) is 15.0. The first kappa shape index (κ1) is 15.8. The molecule has 0 aliphatic carbocycles. The smallest absolute Gasteiger partial charge is 0.336 e. The predicted molar refractivity (Wildman–Crippen MR) is 76.3 cm³/mol. The maximum absolute atomic E-state index is 11.9. The van der Waals surface area contributed by atoms with E-state index in [1.807, 2.05) is 18.2 Å². The van der Waals surface area contributed by atoms with Crippen molar-refractivity contribution in [2.24, 2.45) is 0 Å². The summed E-state index contributed by atoms with van der Waals surface area (Å²) >= 11 is 0. The van der Waals surface area contributed by atoms with Crippen LogP contribution in [0.1, 0.15) is 13.8 Å². The molecule has 1 N–H and O–H groups in total. The highest BCUT2D eigenvalue weighted by Gasteiger charge is 2.28. The Bertz CT molecular complexity index is 470. The molecule has 0 radical (unpaired) electrons. The van der Waals surface area contributed by atoms with Crippen LogP contribution in [0.25, 0.3) is 0 Å². The number of ether oxygens (including phenoxy) is 2. The van der Waals surface area contributed by atoms with Gasteiger partial charge in [0, 0.05) is 5.69 Å². The van der Waals surface area contributed by atoms with Crippen LogP contribution in [0.5, 0.6) is 0 Å². The Morgan fingerprint density at radius 3 is 2.30 bits per heavy atom. The van der Waals surface area contributed by atoms with Crippen molar-refractivity contribution in [1.82, 2.24) is 0 Å². The summed E-state index contributed by atoms with van der Waals surface area (Å²) in [5.74, 6) is -1.18. The Hall–Kier alpha value is -2.30. The van der Waals surface area contributed by atoms with Crippen molar-refractivity contribution in [3.05, 3.63) is 42.5 Å². The fraction of sp³-hybridized carbons (Fsp3) is 0.333. The number of carbonyl (C=O) groups is 2. The molecule has 1 unspecified atom stereocenters. The number of para-hydroxylation sites is 1. The van der Waals surface area contributed by atoms with Gasteiger partial charge in [0.15, 0.2) is 6.04 Å². The van der Waals surface area contributed by atoms with E-state index >= 15 is 0 Å². The van der Waals surface area contributed by atoms with Gasteiger partial charge in [-0.1, -0.05) is 24.8 Å². The van der Waals surface area contributed by atoms with Crippen molar-refractivity contribution < 1.29 is 19.1 Å². The summed E-state index contributed by atoms with van der Waals surface area (Å²) in [5, 5.41) is 2.93. The van der Waals surface area contributed by atoms with Crippen LogP contribution in [0.2, 0.25) is 0 Å². The van der Waals surface area contributed by atoms with Crippen LogP contribution in [-0.4, -0.2) is 31.2 Å². The van der Waals surface area contributed by atoms with Gasteiger partial charge in [-0.25, -0.2) is 9.59 Å². The lowest BCUT2D eigenvalue weighted by Crippen LogP contribution is -2.36. The highest BCUT2D eigenvalue weighted by Crippen LogP contribution is 2.14. The van der Waals surface area contributed by atoms with E-state index in [9.17, 15) is 9.59 Å². The summed E-state index contributed by atoms with van der Waals surface area (Å²) in [6.45, 7) is 7.47. The van der Waals surface area contributed by atoms with E-state index in [1.54, 1.807) is 26.0 Å². The van der Waals surface area contributed by atoms with Gasteiger partial charge in [0.2, 0.25) is 0 Å². The molecule has 0 amide bonds. The summed E-state index contributed by atoms with van der Waals surface area (Å²) in [6, 6.07) is 8.09. The maximum atomic E-state index is 11.9. The molecule has 0 aliphatic rings. The average molecular weight is 277 g/mol. The number of hydrogen-bond donors (Lipinski definition) is 1. The zero-order valence-corrected chi connectivity index (χ0v) is 11.7. The van der Waals surface area contributed by atoms with Crippen LogP contribution in [0.4, 0.5) is 5.69 Å². The van der Waals surface area contributed by atoms with Crippen LogP contribution >= 0.6 is 0 Å². The first-order valence-electron chi connectivity index (χ1n) is 6.44. The molecule has 1 aromatic rings. The average Bonchev–Trinajstić information content (AvgIpc) is 2.45. The maximum Gasteiger partial charge on any atom is 0.336 e. The lowest BCUT2D eigenvalue weighted by molar-refractivity contribution is -0.146. The van der Waals surface area contributed by atoms with Gasteiger partial charge in [0.05, 0.1) is 18.8 Å². The number of nitrogens with one attached hydrogen (secondary N) is 1. The minimum Gasteiger partial charge on any atom is -0.464 e. The van der Waals surface area contributed by atoms with Gasteiger partial charge < -0.3 is 14.8 Å². The van der Waals surface area contributed by atoms with Gasteiger partial charge in [-0.2, -0.15) is 0 Å². The van der Waals surface area contributed by atoms with Gasteiger partial charge >= 0.3 is 11.9 Å². The minimum atomic E-state index is -0.962.